The average molecular weight is 556 g/mol. The summed E-state index contributed by atoms with van der Waals surface area (Å²) >= 11 is 1.48. The van der Waals surface area contributed by atoms with Gasteiger partial charge in [0, 0.05) is 55.9 Å². The number of hydrogen-bond donors (Lipinski definition) is 2. The van der Waals surface area contributed by atoms with Gasteiger partial charge in [0.2, 0.25) is 10.0 Å². The molecule has 2 heterocycles. The Bertz CT molecular complexity index is 1010. The van der Waals surface area contributed by atoms with Gasteiger partial charge in [-0.25, -0.2) is 18.2 Å². The maximum atomic E-state index is 13.5. The number of aliphatic carboxylic acids is 1. The van der Waals surface area contributed by atoms with Crippen LogP contribution >= 0.6 is 11.3 Å². The van der Waals surface area contributed by atoms with Crippen LogP contribution in [0.1, 0.15) is 76.0 Å². The molecular weight excluding hydrogens is 514 g/mol. The van der Waals surface area contributed by atoms with Crippen LogP contribution in [0.3, 0.4) is 0 Å². The standard InChI is InChI=1S/C25H41N5O5S2/c1-19-7-9-21(10-8-19)30(20-5-3-2-4-6-20)25(33)27-24-26-17-22(36-24)18-28-12-14-29(15-13-28)37(34,35)16-11-23(31)32/h17,19-21H,2-16,18H2,1H3,(H,31,32)(H,26,27,33)/t19-,21-. The highest BCUT2D eigenvalue weighted by Crippen LogP contribution is 2.33. The molecule has 208 valence electrons. The van der Waals surface area contributed by atoms with Crippen molar-refractivity contribution < 1.29 is 23.1 Å². The molecule has 2 N–H and O–H groups in total. The third-order valence-corrected chi connectivity index (χ3v) is 10.8. The fraction of sp³-hybridized carbons (Fsp3) is 0.800. The summed E-state index contributed by atoms with van der Waals surface area (Å²) in [6, 6.07) is 0.601. The second kappa shape index (κ2) is 12.9. The van der Waals surface area contributed by atoms with Gasteiger partial charge in [-0.2, -0.15) is 4.31 Å². The zero-order chi connectivity index (χ0) is 26.4. The highest BCUT2D eigenvalue weighted by molar-refractivity contribution is 7.89. The number of carbonyl (C=O) groups excluding carboxylic acids is 1. The number of nitrogens with one attached hydrogen (secondary N) is 1. The summed E-state index contributed by atoms with van der Waals surface area (Å²) in [5.41, 5.74) is 0. The van der Waals surface area contributed by atoms with Crippen molar-refractivity contribution in [3.05, 3.63) is 11.1 Å². The van der Waals surface area contributed by atoms with E-state index in [0.717, 1.165) is 36.5 Å². The molecule has 2 amide bonds. The summed E-state index contributed by atoms with van der Waals surface area (Å²) in [7, 11) is -3.55. The zero-order valence-corrected chi connectivity index (χ0v) is 23.4. The van der Waals surface area contributed by atoms with Crippen LogP contribution in [-0.4, -0.2) is 88.6 Å². The van der Waals surface area contributed by atoms with Crippen LogP contribution in [0.5, 0.6) is 0 Å². The minimum absolute atomic E-state index is 0.0208. The maximum Gasteiger partial charge on any atom is 0.324 e. The van der Waals surface area contributed by atoms with Crippen molar-refractivity contribution >= 4 is 38.5 Å². The summed E-state index contributed by atoms with van der Waals surface area (Å²) < 4.78 is 26.1. The van der Waals surface area contributed by atoms with Gasteiger partial charge in [-0.3, -0.25) is 15.0 Å². The quantitative estimate of drug-likeness (QED) is 0.475. The largest absolute Gasteiger partial charge is 0.481 e. The second-order valence-electron chi connectivity index (χ2n) is 10.8. The molecule has 0 spiro atoms. The van der Waals surface area contributed by atoms with Gasteiger partial charge in [0.15, 0.2) is 5.13 Å². The fourth-order valence-electron chi connectivity index (χ4n) is 5.84. The van der Waals surface area contributed by atoms with Crippen molar-refractivity contribution in [2.75, 3.05) is 37.2 Å². The number of amides is 2. The van der Waals surface area contributed by atoms with E-state index in [-0.39, 0.29) is 18.2 Å². The number of anilines is 1. The number of rotatable bonds is 9. The molecule has 37 heavy (non-hydrogen) atoms. The first kappa shape index (κ1) is 28.3. The number of carboxylic acids is 1. The van der Waals surface area contributed by atoms with E-state index in [9.17, 15) is 18.0 Å². The Kier molecular flexibility index (Phi) is 9.82. The molecule has 1 aliphatic heterocycles. The second-order valence-corrected chi connectivity index (χ2v) is 14.0. The highest BCUT2D eigenvalue weighted by atomic mass is 32.2. The summed E-state index contributed by atoms with van der Waals surface area (Å²) in [4.78, 5) is 34.0. The van der Waals surface area contributed by atoms with Crippen LogP contribution in [-0.2, 0) is 21.4 Å². The van der Waals surface area contributed by atoms with E-state index in [4.69, 9.17) is 5.11 Å². The molecule has 12 heteroatoms. The molecule has 0 unspecified atom stereocenters. The molecule has 10 nitrogen and oxygen atoms in total. The van der Waals surface area contributed by atoms with Gasteiger partial charge in [0.1, 0.15) is 0 Å². The van der Waals surface area contributed by atoms with Crippen molar-refractivity contribution in [3.63, 3.8) is 0 Å². The number of aromatic nitrogens is 1. The number of nitrogens with zero attached hydrogens (tertiary/aromatic N) is 4. The first-order valence-corrected chi connectivity index (χ1v) is 16.1. The summed E-state index contributed by atoms with van der Waals surface area (Å²) in [6.07, 6.45) is 11.7. The van der Waals surface area contributed by atoms with Gasteiger partial charge in [-0.15, -0.1) is 11.3 Å². The monoisotopic (exact) mass is 555 g/mol. The maximum absolute atomic E-state index is 13.5. The highest BCUT2D eigenvalue weighted by Gasteiger charge is 2.34. The topological polar surface area (TPSA) is 123 Å². The van der Waals surface area contributed by atoms with Gasteiger partial charge in [-0.05, 0) is 44.4 Å². The molecular formula is C25H41N5O5S2. The smallest absolute Gasteiger partial charge is 0.324 e. The van der Waals surface area contributed by atoms with Crippen molar-refractivity contribution in [1.82, 2.24) is 19.1 Å². The Morgan fingerprint density at radius 2 is 1.70 bits per heavy atom. The SMILES string of the molecule is C[C@H]1CC[C@H](N(C(=O)Nc2ncc(CN3CCN(S(=O)(=O)CCC(=O)O)CC3)s2)C2CCCCC2)CC1. The Hall–Kier alpha value is -1.76. The third kappa shape index (κ3) is 7.87. The lowest BCUT2D eigenvalue weighted by Crippen LogP contribution is -2.51. The number of sulfonamides is 1. The molecule has 0 radical (unpaired) electrons. The molecule has 1 aromatic rings. The Balaban J connectivity index is 1.30. The lowest BCUT2D eigenvalue weighted by atomic mass is 9.84. The van der Waals surface area contributed by atoms with Gasteiger partial charge in [-0.1, -0.05) is 26.2 Å². The average Bonchev–Trinajstić information content (AvgIpc) is 3.31. The molecule has 2 saturated carbocycles. The summed E-state index contributed by atoms with van der Waals surface area (Å²) in [5, 5.41) is 12.5. The van der Waals surface area contributed by atoms with E-state index in [2.05, 4.69) is 27.0 Å². The van der Waals surface area contributed by atoms with E-state index >= 15 is 0 Å². The van der Waals surface area contributed by atoms with Crippen LogP contribution in [0, 0.1) is 5.92 Å². The molecule has 3 fully saturated rings. The fourth-order valence-corrected chi connectivity index (χ4v) is 8.09. The number of thiazole rings is 1. The molecule has 0 atom stereocenters. The van der Waals surface area contributed by atoms with E-state index in [0.29, 0.717) is 49.9 Å². The minimum Gasteiger partial charge on any atom is -0.481 e. The first-order chi connectivity index (χ1) is 17.7. The molecule has 4 rings (SSSR count). The van der Waals surface area contributed by atoms with Gasteiger partial charge < -0.3 is 10.0 Å². The first-order valence-electron chi connectivity index (χ1n) is 13.7. The van der Waals surface area contributed by atoms with E-state index in [1.165, 1.54) is 47.7 Å². The van der Waals surface area contributed by atoms with Gasteiger partial charge >= 0.3 is 12.0 Å². The zero-order valence-electron chi connectivity index (χ0n) is 21.8. The molecule has 1 aromatic heterocycles. The summed E-state index contributed by atoms with van der Waals surface area (Å²) in [6.45, 7) is 4.78. The van der Waals surface area contributed by atoms with Gasteiger partial charge in [0.05, 0.1) is 12.2 Å². The summed E-state index contributed by atoms with van der Waals surface area (Å²) in [5.74, 6) is -0.732. The van der Waals surface area contributed by atoms with Crippen LogP contribution < -0.4 is 5.32 Å². The van der Waals surface area contributed by atoms with Gasteiger partial charge in [0.25, 0.3) is 0 Å². The lowest BCUT2D eigenvalue weighted by Gasteiger charge is -2.42. The van der Waals surface area contributed by atoms with Crippen molar-refractivity contribution in [2.24, 2.45) is 5.92 Å². The number of carboxylic acid groups (broad SMARTS) is 1. The van der Waals surface area contributed by atoms with E-state index in [1.807, 2.05) is 0 Å². The molecule has 3 aliphatic rings. The van der Waals surface area contributed by atoms with Crippen LogP contribution in [0.15, 0.2) is 6.20 Å². The third-order valence-electron chi connectivity index (χ3n) is 8.03. The molecule has 2 aliphatic carbocycles. The Labute approximate surface area is 224 Å². The molecule has 1 saturated heterocycles. The number of carbonyl (C=O) groups is 2. The lowest BCUT2D eigenvalue weighted by molar-refractivity contribution is -0.136. The predicted octanol–water partition coefficient (Wildman–Crippen LogP) is 3.81. The number of urea groups is 1. The van der Waals surface area contributed by atoms with E-state index in [1.54, 1.807) is 6.20 Å². The minimum atomic E-state index is -3.55. The van der Waals surface area contributed by atoms with Crippen molar-refractivity contribution in [2.45, 2.75) is 89.8 Å². The molecule has 0 bridgehead atoms. The predicted molar refractivity (Wildman–Crippen MR) is 144 cm³/mol. The molecule has 0 aromatic carbocycles. The van der Waals surface area contributed by atoms with Crippen molar-refractivity contribution in [1.29, 1.82) is 0 Å². The van der Waals surface area contributed by atoms with Crippen molar-refractivity contribution in [3.8, 4) is 0 Å². The van der Waals surface area contributed by atoms with E-state index < -0.39 is 16.0 Å². The van der Waals surface area contributed by atoms with Crippen LogP contribution in [0.2, 0.25) is 0 Å². The number of hydrogen-bond acceptors (Lipinski definition) is 7. The number of piperazine rings is 1. The Morgan fingerprint density at radius 1 is 1.05 bits per heavy atom. The normalized spacial score (nSPS) is 24.6. The van der Waals surface area contributed by atoms with Crippen LogP contribution in [0.25, 0.3) is 0 Å². The van der Waals surface area contributed by atoms with Crippen LogP contribution in [0.4, 0.5) is 9.93 Å². The Morgan fingerprint density at radius 3 is 2.35 bits per heavy atom.